The molecule has 0 aliphatic carbocycles. The van der Waals surface area contributed by atoms with Gasteiger partial charge in [-0.15, -0.1) is 12.4 Å². The average molecular weight is 371 g/mol. The van der Waals surface area contributed by atoms with Crippen molar-refractivity contribution < 1.29 is 14.3 Å². The van der Waals surface area contributed by atoms with Gasteiger partial charge in [-0.25, -0.2) is 0 Å². The first-order valence-corrected chi connectivity index (χ1v) is 9.04. The highest BCUT2D eigenvalue weighted by atomic mass is 35.5. The molecular weight excluding hydrogens is 340 g/mol. The number of piperidine rings is 1. The zero-order valence-electron chi connectivity index (χ0n) is 15.5. The van der Waals surface area contributed by atoms with Crippen LogP contribution >= 0.6 is 12.4 Å². The molecule has 0 bridgehead atoms. The lowest BCUT2D eigenvalue weighted by Gasteiger charge is -2.28. The van der Waals surface area contributed by atoms with Crippen LogP contribution in [0.25, 0.3) is 0 Å². The minimum atomic E-state index is 0. The monoisotopic (exact) mass is 370 g/mol. The third kappa shape index (κ3) is 6.75. The second-order valence-corrected chi connectivity index (χ2v) is 6.34. The van der Waals surface area contributed by atoms with E-state index in [-0.39, 0.29) is 18.3 Å². The maximum atomic E-state index is 12.5. The summed E-state index contributed by atoms with van der Waals surface area (Å²) in [4.78, 5) is 12.5. The van der Waals surface area contributed by atoms with Gasteiger partial charge in [-0.1, -0.05) is 6.92 Å². The van der Waals surface area contributed by atoms with Gasteiger partial charge >= 0.3 is 0 Å². The number of nitrogens with one attached hydrogen (secondary N) is 2. The van der Waals surface area contributed by atoms with Crippen molar-refractivity contribution in [2.24, 2.45) is 11.8 Å². The molecule has 1 fully saturated rings. The summed E-state index contributed by atoms with van der Waals surface area (Å²) >= 11 is 0. The SMILES string of the molecule is CCOc1ccc(OCC)c(NC(=O)CC(C)C2CCNCC2)c1.Cl. The fourth-order valence-electron chi connectivity index (χ4n) is 3.22. The highest BCUT2D eigenvalue weighted by molar-refractivity contribution is 5.92. The smallest absolute Gasteiger partial charge is 0.224 e. The second-order valence-electron chi connectivity index (χ2n) is 6.34. The zero-order valence-corrected chi connectivity index (χ0v) is 16.3. The Hall–Kier alpha value is -1.46. The standard InChI is InChI=1S/C19H30N2O3.ClH/c1-4-23-16-6-7-18(24-5-2)17(13-16)21-19(22)12-14(3)15-8-10-20-11-9-15;/h6-7,13-15,20H,4-5,8-12H2,1-3H3,(H,21,22);1H. The van der Waals surface area contributed by atoms with Crippen LogP contribution < -0.4 is 20.1 Å². The van der Waals surface area contributed by atoms with Gasteiger partial charge in [0.25, 0.3) is 0 Å². The van der Waals surface area contributed by atoms with Crippen LogP contribution in [0.5, 0.6) is 11.5 Å². The van der Waals surface area contributed by atoms with E-state index in [4.69, 9.17) is 9.47 Å². The topological polar surface area (TPSA) is 59.6 Å². The molecule has 142 valence electrons. The summed E-state index contributed by atoms with van der Waals surface area (Å²) in [6, 6.07) is 5.55. The third-order valence-corrected chi connectivity index (χ3v) is 4.53. The van der Waals surface area contributed by atoms with Gasteiger partial charge in [-0.05, 0) is 63.7 Å². The van der Waals surface area contributed by atoms with Crippen LogP contribution in [0.2, 0.25) is 0 Å². The Morgan fingerprint density at radius 1 is 1.24 bits per heavy atom. The normalized spacial score (nSPS) is 15.8. The summed E-state index contributed by atoms with van der Waals surface area (Å²) < 4.78 is 11.1. The number of benzene rings is 1. The van der Waals surface area contributed by atoms with Crippen molar-refractivity contribution >= 4 is 24.0 Å². The number of carbonyl (C=O) groups excluding carboxylic acids is 1. The number of hydrogen-bond acceptors (Lipinski definition) is 4. The maximum absolute atomic E-state index is 12.5. The lowest BCUT2D eigenvalue weighted by atomic mass is 9.84. The highest BCUT2D eigenvalue weighted by Crippen LogP contribution is 2.30. The molecule has 5 nitrogen and oxygen atoms in total. The molecule has 1 unspecified atom stereocenters. The van der Waals surface area contributed by atoms with Crippen molar-refractivity contribution in [1.82, 2.24) is 5.32 Å². The lowest BCUT2D eigenvalue weighted by molar-refractivity contribution is -0.117. The lowest BCUT2D eigenvalue weighted by Crippen LogP contribution is -2.32. The number of hydrogen-bond donors (Lipinski definition) is 2. The highest BCUT2D eigenvalue weighted by Gasteiger charge is 2.22. The molecule has 1 aliphatic heterocycles. The van der Waals surface area contributed by atoms with Gasteiger partial charge in [-0.3, -0.25) is 4.79 Å². The van der Waals surface area contributed by atoms with Gasteiger partial charge < -0.3 is 20.1 Å². The van der Waals surface area contributed by atoms with E-state index in [2.05, 4.69) is 17.6 Å². The molecular formula is C19H31ClN2O3. The summed E-state index contributed by atoms with van der Waals surface area (Å²) in [6.07, 6.45) is 2.84. The first-order valence-electron chi connectivity index (χ1n) is 9.04. The average Bonchev–Trinajstić information content (AvgIpc) is 2.58. The molecule has 1 saturated heterocycles. The second kappa shape index (κ2) is 11.2. The van der Waals surface area contributed by atoms with Crippen molar-refractivity contribution in [3.63, 3.8) is 0 Å². The van der Waals surface area contributed by atoms with Crippen LogP contribution in [0.15, 0.2) is 18.2 Å². The largest absolute Gasteiger partial charge is 0.494 e. The first kappa shape index (κ1) is 21.6. The summed E-state index contributed by atoms with van der Waals surface area (Å²) in [5.41, 5.74) is 0.685. The summed E-state index contributed by atoms with van der Waals surface area (Å²) in [5.74, 6) is 2.47. The molecule has 1 aliphatic rings. The van der Waals surface area contributed by atoms with Gasteiger partial charge in [0.15, 0.2) is 0 Å². The van der Waals surface area contributed by atoms with Gasteiger partial charge in [-0.2, -0.15) is 0 Å². The summed E-state index contributed by atoms with van der Waals surface area (Å²) in [6.45, 7) is 9.31. The Kier molecular flexibility index (Phi) is 9.68. The van der Waals surface area contributed by atoms with E-state index in [1.165, 1.54) is 0 Å². The Morgan fingerprint density at radius 2 is 1.92 bits per heavy atom. The number of carbonyl (C=O) groups is 1. The van der Waals surface area contributed by atoms with E-state index >= 15 is 0 Å². The fraction of sp³-hybridized carbons (Fsp3) is 0.632. The van der Waals surface area contributed by atoms with E-state index in [0.717, 1.165) is 31.7 Å². The Bertz CT molecular complexity index is 533. The molecule has 25 heavy (non-hydrogen) atoms. The van der Waals surface area contributed by atoms with Crippen molar-refractivity contribution in [2.45, 2.75) is 40.0 Å². The van der Waals surface area contributed by atoms with E-state index in [9.17, 15) is 4.79 Å². The maximum Gasteiger partial charge on any atom is 0.224 e. The van der Waals surface area contributed by atoms with Crippen LogP contribution in [0.1, 0.15) is 40.0 Å². The minimum absolute atomic E-state index is 0. The summed E-state index contributed by atoms with van der Waals surface area (Å²) in [5, 5.41) is 6.38. The van der Waals surface area contributed by atoms with E-state index in [1.807, 2.05) is 32.0 Å². The summed E-state index contributed by atoms with van der Waals surface area (Å²) in [7, 11) is 0. The molecule has 1 aromatic carbocycles. The molecule has 2 N–H and O–H groups in total. The van der Waals surface area contributed by atoms with Crippen LogP contribution in [-0.4, -0.2) is 32.2 Å². The molecule has 1 atom stereocenters. The van der Waals surface area contributed by atoms with Crippen molar-refractivity contribution in [3.8, 4) is 11.5 Å². The van der Waals surface area contributed by atoms with Crippen molar-refractivity contribution in [3.05, 3.63) is 18.2 Å². The van der Waals surface area contributed by atoms with E-state index in [0.29, 0.717) is 42.9 Å². The molecule has 1 aromatic rings. The zero-order chi connectivity index (χ0) is 17.4. The number of rotatable bonds is 8. The number of ether oxygens (including phenoxy) is 2. The molecule has 2 rings (SSSR count). The van der Waals surface area contributed by atoms with E-state index < -0.39 is 0 Å². The van der Waals surface area contributed by atoms with Gasteiger partial charge in [0.2, 0.25) is 5.91 Å². The number of halogens is 1. The van der Waals surface area contributed by atoms with Gasteiger partial charge in [0.1, 0.15) is 11.5 Å². The Morgan fingerprint density at radius 3 is 2.56 bits per heavy atom. The minimum Gasteiger partial charge on any atom is -0.494 e. The van der Waals surface area contributed by atoms with Crippen LogP contribution in [0, 0.1) is 11.8 Å². The van der Waals surface area contributed by atoms with E-state index in [1.54, 1.807) is 0 Å². The molecule has 0 aromatic heterocycles. The van der Waals surface area contributed by atoms with Crippen molar-refractivity contribution in [1.29, 1.82) is 0 Å². The predicted molar refractivity (Wildman–Crippen MR) is 104 cm³/mol. The van der Waals surface area contributed by atoms with Gasteiger partial charge in [0.05, 0.1) is 18.9 Å². The predicted octanol–water partition coefficient (Wildman–Crippen LogP) is 3.87. The molecule has 1 heterocycles. The first-order chi connectivity index (χ1) is 11.6. The van der Waals surface area contributed by atoms with Gasteiger partial charge in [0, 0.05) is 12.5 Å². The third-order valence-electron chi connectivity index (χ3n) is 4.53. The molecule has 0 saturated carbocycles. The molecule has 0 radical (unpaired) electrons. The van der Waals surface area contributed by atoms with Crippen molar-refractivity contribution in [2.75, 3.05) is 31.6 Å². The number of anilines is 1. The Labute approximate surface area is 157 Å². The van der Waals surface area contributed by atoms with Crippen LogP contribution in [-0.2, 0) is 4.79 Å². The quantitative estimate of drug-likeness (QED) is 0.729. The van der Waals surface area contributed by atoms with Crippen LogP contribution in [0.4, 0.5) is 5.69 Å². The Balaban J connectivity index is 0.00000312. The number of amides is 1. The van der Waals surface area contributed by atoms with Crippen LogP contribution in [0.3, 0.4) is 0 Å². The molecule has 0 spiro atoms. The fourth-order valence-corrected chi connectivity index (χ4v) is 3.22. The molecule has 6 heteroatoms. The molecule has 1 amide bonds.